The Labute approximate surface area is 223 Å². The minimum absolute atomic E-state index is 0.0488. The number of nitrogens with one attached hydrogen (secondary N) is 2. The lowest BCUT2D eigenvalue weighted by atomic mass is 10.0. The Morgan fingerprint density at radius 1 is 1.00 bits per heavy atom. The molecule has 11 nitrogen and oxygen atoms in total. The van der Waals surface area contributed by atoms with Crippen LogP contribution >= 0.6 is 0 Å². The maximum Gasteiger partial charge on any atom is 0.261 e. The number of amides is 2. The number of ether oxygens (including phenoxy) is 2. The van der Waals surface area contributed by atoms with Crippen LogP contribution in [0.1, 0.15) is 48.8 Å². The first-order valence-electron chi connectivity index (χ1n) is 12.9. The fourth-order valence-electron chi connectivity index (χ4n) is 5.53. The molecule has 2 aromatic rings. The molecular weight excluding hydrogens is 510 g/mol. The van der Waals surface area contributed by atoms with Crippen molar-refractivity contribution in [2.75, 3.05) is 27.3 Å². The van der Waals surface area contributed by atoms with Crippen molar-refractivity contribution in [1.82, 2.24) is 24.7 Å². The number of carbonyl (C=O) groups is 2. The summed E-state index contributed by atoms with van der Waals surface area (Å²) in [5, 5.41) is 10.1. The summed E-state index contributed by atoms with van der Waals surface area (Å²) in [6.45, 7) is 2.32. The molecule has 0 radical (unpaired) electrons. The SMILES string of the molecule is COc1cc2cc(c1OC)CCCNC(=O)C[C@@H]1CC[C@H](CNC(=O)CC2)N1S(=O)(=O)c1c(C)cnn1C. The number of benzene rings is 1. The molecule has 2 atom stereocenters. The highest BCUT2D eigenvalue weighted by Gasteiger charge is 2.44. The lowest BCUT2D eigenvalue weighted by Crippen LogP contribution is -2.48. The summed E-state index contributed by atoms with van der Waals surface area (Å²) < 4.78 is 41.6. The quantitative estimate of drug-likeness (QED) is 0.593. The fraction of sp³-hybridized carbons (Fsp3) is 0.577. The number of sulfonamides is 1. The Kier molecular flexibility index (Phi) is 8.61. The average Bonchev–Trinajstić information content (AvgIpc) is 3.45. The van der Waals surface area contributed by atoms with Gasteiger partial charge in [0.1, 0.15) is 0 Å². The van der Waals surface area contributed by atoms with E-state index in [2.05, 4.69) is 15.7 Å². The van der Waals surface area contributed by atoms with E-state index >= 15 is 0 Å². The van der Waals surface area contributed by atoms with E-state index in [1.54, 1.807) is 28.2 Å². The van der Waals surface area contributed by atoms with Crippen LogP contribution in [0.2, 0.25) is 0 Å². The third-order valence-corrected chi connectivity index (χ3v) is 9.51. The minimum atomic E-state index is -3.96. The molecule has 2 amide bonds. The van der Waals surface area contributed by atoms with Crippen molar-refractivity contribution < 1.29 is 27.5 Å². The van der Waals surface area contributed by atoms with Gasteiger partial charge in [0.2, 0.25) is 11.8 Å². The van der Waals surface area contributed by atoms with Gasteiger partial charge in [-0.2, -0.15) is 9.40 Å². The normalized spacial score (nSPS) is 21.9. The van der Waals surface area contributed by atoms with Crippen LogP contribution in [-0.4, -0.2) is 73.7 Å². The topological polar surface area (TPSA) is 132 Å². The maximum absolute atomic E-state index is 13.8. The van der Waals surface area contributed by atoms with Gasteiger partial charge in [-0.3, -0.25) is 14.3 Å². The Morgan fingerprint density at radius 3 is 2.45 bits per heavy atom. The molecule has 12 heteroatoms. The summed E-state index contributed by atoms with van der Waals surface area (Å²) in [5.74, 6) is 0.879. The van der Waals surface area contributed by atoms with Crippen molar-refractivity contribution in [2.24, 2.45) is 7.05 Å². The van der Waals surface area contributed by atoms with Gasteiger partial charge in [-0.25, -0.2) is 8.42 Å². The number of aromatic nitrogens is 2. The number of nitrogens with zero attached hydrogens (tertiary/aromatic N) is 3. The number of methoxy groups -OCH3 is 2. The van der Waals surface area contributed by atoms with Gasteiger partial charge in [0.15, 0.2) is 16.5 Å². The molecule has 208 valence electrons. The van der Waals surface area contributed by atoms with Gasteiger partial charge < -0.3 is 20.1 Å². The lowest BCUT2D eigenvalue weighted by molar-refractivity contribution is -0.122. The summed E-state index contributed by atoms with van der Waals surface area (Å²) in [6, 6.07) is 2.92. The molecule has 0 spiro atoms. The molecule has 2 aliphatic rings. The van der Waals surface area contributed by atoms with E-state index in [9.17, 15) is 18.0 Å². The molecule has 0 saturated carbocycles. The van der Waals surface area contributed by atoms with Crippen LogP contribution in [0.5, 0.6) is 11.5 Å². The van der Waals surface area contributed by atoms with Crippen molar-refractivity contribution in [3.8, 4) is 11.5 Å². The zero-order valence-corrected chi connectivity index (χ0v) is 23.3. The van der Waals surface area contributed by atoms with Crippen molar-refractivity contribution in [3.05, 3.63) is 35.0 Å². The van der Waals surface area contributed by atoms with E-state index in [1.807, 2.05) is 12.1 Å². The van der Waals surface area contributed by atoms with Crippen LogP contribution < -0.4 is 20.1 Å². The lowest BCUT2D eigenvalue weighted by Gasteiger charge is -2.29. The van der Waals surface area contributed by atoms with Crippen molar-refractivity contribution in [2.45, 2.75) is 69.0 Å². The highest BCUT2D eigenvalue weighted by Crippen LogP contribution is 2.35. The summed E-state index contributed by atoms with van der Waals surface area (Å²) in [7, 11) is 0.803. The smallest absolute Gasteiger partial charge is 0.261 e. The molecule has 1 fully saturated rings. The molecule has 1 saturated heterocycles. The molecule has 2 N–H and O–H groups in total. The molecule has 38 heavy (non-hydrogen) atoms. The van der Waals surface area contributed by atoms with Crippen LogP contribution in [0.4, 0.5) is 0 Å². The largest absolute Gasteiger partial charge is 0.493 e. The van der Waals surface area contributed by atoms with E-state index in [4.69, 9.17) is 9.47 Å². The molecule has 0 unspecified atom stereocenters. The van der Waals surface area contributed by atoms with Crippen LogP contribution in [-0.2, 0) is 39.5 Å². The zero-order valence-electron chi connectivity index (χ0n) is 22.5. The van der Waals surface area contributed by atoms with Gasteiger partial charge in [-0.05, 0) is 56.2 Å². The van der Waals surface area contributed by atoms with Gasteiger partial charge in [-0.1, -0.05) is 6.07 Å². The van der Waals surface area contributed by atoms with Crippen LogP contribution in [0.25, 0.3) is 0 Å². The average molecular weight is 548 g/mol. The first kappa shape index (κ1) is 27.9. The predicted octanol–water partition coefficient (Wildman–Crippen LogP) is 1.47. The summed E-state index contributed by atoms with van der Waals surface area (Å²) in [4.78, 5) is 25.7. The Morgan fingerprint density at radius 2 is 1.76 bits per heavy atom. The van der Waals surface area contributed by atoms with Crippen LogP contribution in [0, 0.1) is 6.92 Å². The van der Waals surface area contributed by atoms with Gasteiger partial charge in [0.05, 0.1) is 20.4 Å². The van der Waals surface area contributed by atoms with Gasteiger partial charge in [0.25, 0.3) is 10.0 Å². The molecule has 4 rings (SSSR count). The molecular formula is C26H37N5O6S. The second-order valence-corrected chi connectivity index (χ2v) is 11.7. The van der Waals surface area contributed by atoms with Crippen LogP contribution in [0.3, 0.4) is 0 Å². The summed E-state index contributed by atoms with van der Waals surface area (Å²) in [5.41, 5.74) is 2.43. The first-order valence-corrected chi connectivity index (χ1v) is 14.4. The second-order valence-electron chi connectivity index (χ2n) is 9.93. The number of hydrogen-bond donors (Lipinski definition) is 2. The number of aryl methyl sites for hydroxylation is 4. The summed E-state index contributed by atoms with van der Waals surface area (Å²) >= 11 is 0. The molecule has 1 aromatic heterocycles. The first-order chi connectivity index (χ1) is 18.1. The van der Waals surface area contributed by atoms with Gasteiger partial charge >= 0.3 is 0 Å². The monoisotopic (exact) mass is 547 g/mol. The van der Waals surface area contributed by atoms with E-state index in [0.29, 0.717) is 55.7 Å². The third-order valence-electron chi connectivity index (χ3n) is 7.29. The Hall–Kier alpha value is -3.12. The highest BCUT2D eigenvalue weighted by atomic mass is 32.2. The second kappa shape index (κ2) is 11.7. The Bertz CT molecular complexity index is 1270. The Balaban J connectivity index is 1.61. The standard InChI is InChI=1S/C26H37N5O6S/c1-17-15-29-30(2)26(17)38(34,35)31-20-8-9-21(31)16-28-23(32)10-7-18-12-19(6-5-11-27-24(33)14-20)25(37-4)22(13-18)36-3/h12-13,15,20-21H,5-11,14,16H2,1-4H3,(H,27,33)(H,28,32)/t20-,21+/m0/s1. The van der Waals surface area contributed by atoms with Gasteiger partial charge in [-0.15, -0.1) is 0 Å². The maximum atomic E-state index is 13.8. The highest BCUT2D eigenvalue weighted by molar-refractivity contribution is 7.89. The number of fused-ring (bicyclic) bond motifs is 4. The molecule has 1 aromatic carbocycles. The van der Waals surface area contributed by atoms with Crippen molar-refractivity contribution >= 4 is 21.8 Å². The fourth-order valence-corrected chi connectivity index (χ4v) is 7.71. The van der Waals surface area contributed by atoms with E-state index in [1.165, 1.54) is 15.2 Å². The number of hydrogen-bond acceptors (Lipinski definition) is 7. The van der Waals surface area contributed by atoms with Crippen molar-refractivity contribution in [1.29, 1.82) is 0 Å². The molecule has 2 aliphatic heterocycles. The molecule has 3 heterocycles. The zero-order chi connectivity index (χ0) is 27.4. The summed E-state index contributed by atoms with van der Waals surface area (Å²) in [6.07, 6.45) is 4.70. The minimum Gasteiger partial charge on any atom is -0.493 e. The van der Waals surface area contributed by atoms with Gasteiger partial charge in [0, 0.05) is 50.6 Å². The van der Waals surface area contributed by atoms with Crippen LogP contribution in [0.15, 0.2) is 23.4 Å². The molecule has 0 aliphatic carbocycles. The van der Waals surface area contributed by atoms with E-state index in [-0.39, 0.29) is 36.2 Å². The van der Waals surface area contributed by atoms with E-state index < -0.39 is 22.1 Å². The predicted molar refractivity (Wildman–Crippen MR) is 141 cm³/mol. The van der Waals surface area contributed by atoms with Crippen molar-refractivity contribution in [3.63, 3.8) is 0 Å². The van der Waals surface area contributed by atoms with E-state index in [0.717, 1.165) is 11.1 Å². The number of rotatable bonds is 4. The molecule has 4 bridgehead atoms. The third kappa shape index (κ3) is 5.80. The number of carbonyl (C=O) groups excluding carboxylic acids is 2.